The summed E-state index contributed by atoms with van der Waals surface area (Å²) in [6.45, 7) is 8.02. The largest absolute Gasteiger partial charge is 0.469 e. The molecule has 2 rings (SSSR count). The molecule has 0 amide bonds. The highest BCUT2D eigenvalue weighted by molar-refractivity contribution is 5.89. The molecule has 2 atom stereocenters. The summed E-state index contributed by atoms with van der Waals surface area (Å²) in [5.74, 6) is -0.513. The van der Waals surface area contributed by atoms with Gasteiger partial charge < -0.3 is 9.47 Å². The topological polar surface area (TPSA) is 52.6 Å². The van der Waals surface area contributed by atoms with Crippen molar-refractivity contribution in [3.63, 3.8) is 0 Å². The SMILES string of the molecule is C=C1C(C)(C)[C@]2(C(=O)OC)CC[C@]1(C(=O)OC)C2. The minimum atomic E-state index is -0.702. The molecule has 0 heterocycles. The summed E-state index contributed by atoms with van der Waals surface area (Å²) in [5, 5.41) is 0. The Morgan fingerprint density at radius 1 is 1.11 bits per heavy atom. The molecule has 4 nitrogen and oxygen atoms in total. The van der Waals surface area contributed by atoms with Gasteiger partial charge in [0.2, 0.25) is 0 Å². The monoisotopic (exact) mass is 252 g/mol. The molecule has 2 saturated carbocycles. The summed E-state index contributed by atoms with van der Waals surface area (Å²) >= 11 is 0. The molecule has 2 aliphatic rings. The molecule has 100 valence electrons. The second-order valence-electron chi connectivity index (χ2n) is 5.93. The van der Waals surface area contributed by atoms with E-state index in [0.717, 1.165) is 5.57 Å². The Morgan fingerprint density at radius 2 is 1.67 bits per heavy atom. The van der Waals surface area contributed by atoms with E-state index < -0.39 is 16.2 Å². The van der Waals surface area contributed by atoms with Crippen LogP contribution in [0.4, 0.5) is 0 Å². The summed E-state index contributed by atoms with van der Waals surface area (Å²) in [5.41, 5.74) is -0.968. The molecule has 0 aromatic carbocycles. The van der Waals surface area contributed by atoms with E-state index in [4.69, 9.17) is 9.47 Å². The van der Waals surface area contributed by atoms with Crippen molar-refractivity contribution in [1.29, 1.82) is 0 Å². The van der Waals surface area contributed by atoms with Crippen molar-refractivity contribution >= 4 is 11.9 Å². The van der Waals surface area contributed by atoms with Crippen LogP contribution in [-0.4, -0.2) is 26.2 Å². The van der Waals surface area contributed by atoms with Gasteiger partial charge in [-0.3, -0.25) is 9.59 Å². The number of carbonyl (C=O) groups is 2. The number of esters is 2. The van der Waals surface area contributed by atoms with Gasteiger partial charge in [0.1, 0.15) is 0 Å². The molecule has 2 aliphatic carbocycles. The molecule has 0 saturated heterocycles. The number of fused-ring (bicyclic) bond motifs is 2. The molecule has 0 aromatic rings. The van der Waals surface area contributed by atoms with E-state index >= 15 is 0 Å². The van der Waals surface area contributed by atoms with Gasteiger partial charge in [-0.05, 0) is 19.3 Å². The zero-order valence-corrected chi connectivity index (χ0v) is 11.5. The molecular weight excluding hydrogens is 232 g/mol. The summed E-state index contributed by atoms with van der Waals surface area (Å²) < 4.78 is 9.89. The van der Waals surface area contributed by atoms with Crippen molar-refractivity contribution in [2.45, 2.75) is 33.1 Å². The molecule has 0 radical (unpaired) electrons. The maximum absolute atomic E-state index is 12.2. The van der Waals surface area contributed by atoms with E-state index in [2.05, 4.69) is 6.58 Å². The molecule has 0 aromatic heterocycles. The van der Waals surface area contributed by atoms with Crippen LogP contribution < -0.4 is 0 Å². The molecule has 2 fully saturated rings. The van der Waals surface area contributed by atoms with Gasteiger partial charge in [-0.1, -0.05) is 26.0 Å². The quantitative estimate of drug-likeness (QED) is 0.558. The van der Waals surface area contributed by atoms with E-state index in [1.54, 1.807) is 0 Å². The first kappa shape index (κ1) is 13.1. The van der Waals surface area contributed by atoms with Gasteiger partial charge in [0.05, 0.1) is 25.0 Å². The highest BCUT2D eigenvalue weighted by atomic mass is 16.5. The summed E-state index contributed by atoms with van der Waals surface area (Å²) in [6.07, 6.45) is 1.74. The van der Waals surface area contributed by atoms with Crippen LogP contribution in [0.25, 0.3) is 0 Å². The zero-order chi connectivity index (χ0) is 13.8. The van der Waals surface area contributed by atoms with E-state index in [1.807, 2.05) is 13.8 Å². The normalized spacial score (nSPS) is 36.6. The Kier molecular flexibility index (Phi) is 2.62. The third-order valence-corrected chi connectivity index (χ3v) is 5.26. The molecule has 0 spiro atoms. The molecule has 4 heteroatoms. The van der Waals surface area contributed by atoms with Crippen LogP contribution in [0, 0.1) is 16.2 Å². The Labute approximate surface area is 107 Å². The third kappa shape index (κ3) is 1.16. The highest BCUT2D eigenvalue weighted by Crippen LogP contribution is 2.72. The van der Waals surface area contributed by atoms with Crippen molar-refractivity contribution in [3.05, 3.63) is 12.2 Å². The maximum atomic E-state index is 12.2. The minimum Gasteiger partial charge on any atom is -0.469 e. The highest BCUT2D eigenvalue weighted by Gasteiger charge is 2.72. The number of ether oxygens (including phenoxy) is 2. The Hall–Kier alpha value is -1.32. The first-order chi connectivity index (χ1) is 8.28. The number of carbonyl (C=O) groups excluding carboxylic acids is 2. The van der Waals surface area contributed by atoms with Crippen LogP contribution in [-0.2, 0) is 19.1 Å². The second kappa shape index (κ2) is 3.59. The second-order valence-corrected chi connectivity index (χ2v) is 5.93. The van der Waals surface area contributed by atoms with Gasteiger partial charge in [-0.25, -0.2) is 0 Å². The molecule has 0 unspecified atom stereocenters. The fourth-order valence-electron chi connectivity index (χ4n) is 3.91. The first-order valence-electron chi connectivity index (χ1n) is 6.15. The molecular formula is C14H20O4. The molecule has 0 N–H and O–H groups in total. The lowest BCUT2D eigenvalue weighted by Crippen LogP contribution is -2.43. The van der Waals surface area contributed by atoms with Gasteiger partial charge in [-0.2, -0.15) is 0 Å². The summed E-state index contributed by atoms with van der Waals surface area (Å²) in [4.78, 5) is 24.3. The Bertz CT molecular complexity index is 437. The van der Waals surface area contributed by atoms with Gasteiger partial charge in [0, 0.05) is 5.41 Å². The van der Waals surface area contributed by atoms with Crippen LogP contribution in [0.2, 0.25) is 0 Å². The average Bonchev–Trinajstić information content (AvgIpc) is 2.84. The number of rotatable bonds is 2. The zero-order valence-electron chi connectivity index (χ0n) is 11.5. The molecule has 2 bridgehead atoms. The van der Waals surface area contributed by atoms with Crippen molar-refractivity contribution < 1.29 is 19.1 Å². The standard InChI is InChI=1S/C14H20O4/c1-9-12(2,3)14(11(16)18-5)7-6-13(9,8-14)10(15)17-4/h1,6-8H2,2-5H3/t13-,14+/m0/s1. The van der Waals surface area contributed by atoms with Crippen molar-refractivity contribution in [2.24, 2.45) is 16.2 Å². The van der Waals surface area contributed by atoms with Gasteiger partial charge in [0.15, 0.2) is 0 Å². The van der Waals surface area contributed by atoms with E-state index in [-0.39, 0.29) is 11.9 Å². The van der Waals surface area contributed by atoms with Crippen molar-refractivity contribution in [1.82, 2.24) is 0 Å². The maximum Gasteiger partial charge on any atom is 0.315 e. The summed E-state index contributed by atoms with van der Waals surface area (Å²) in [7, 11) is 2.78. The fraction of sp³-hybridized carbons (Fsp3) is 0.714. The van der Waals surface area contributed by atoms with Crippen LogP contribution in [0.15, 0.2) is 12.2 Å². The van der Waals surface area contributed by atoms with Crippen LogP contribution in [0.3, 0.4) is 0 Å². The summed E-state index contributed by atoms with van der Waals surface area (Å²) in [6, 6.07) is 0. The van der Waals surface area contributed by atoms with E-state index in [0.29, 0.717) is 19.3 Å². The number of methoxy groups -OCH3 is 2. The van der Waals surface area contributed by atoms with Crippen LogP contribution in [0.1, 0.15) is 33.1 Å². The van der Waals surface area contributed by atoms with Crippen molar-refractivity contribution in [3.8, 4) is 0 Å². The van der Waals surface area contributed by atoms with E-state index in [1.165, 1.54) is 14.2 Å². The molecule has 0 aliphatic heterocycles. The lowest BCUT2D eigenvalue weighted by atomic mass is 9.61. The third-order valence-electron chi connectivity index (χ3n) is 5.26. The Balaban J connectivity index is 2.54. The lowest BCUT2D eigenvalue weighted by molar-refractivity contribution is -0.157. The predicted molar refractivity (Wildman–Crippen MR) is 65.7 cm³/mol. The average molecular weight is 252 g/mol. The van der Waals surface area contributed by atoms with Crippen LogP contribution >= 0.6 is 0 Å². The molecule has 18 heavy (non-hydrogen) atoms. The smallest absolute Gasteiger partial charge is 0.315 e. The Morgan fingerprint density at radius 3 is 2.17 bits per heavy atom. The van der Waals surface area contributed by atoms with Gasteiger partial charge in [0.25, 0.3) is 0 Å². The minimum absolute atomic E-state index is 0.239. The lowest BCUT2D eigenvalue weighted by Gasteiger charge is -2.42. The van der Waals surface area contributed by atoms with Crippen molar-refractivity contribution in [2.75, 3.05) is 14.2 Å². The number of hydrogen-bond donors (Lipinski definition) is 0. The first-order valence-corrected chi connectivity index (χ1v) is 6.15. The van der Waals surface area contributed by atoms with Gasteiger partial charge in [-0.15, -0.1) is 0 Å². The predicted octanol–water partition coefficient (Wildman–Crippen LogP) is 2.09. The fourth-order valence-corrected chi connectivity index (χ4v) is 3.91. The van der Waals surface area contributed by atoms with Crippen LogP contribution in [0.5, 0.6) is 0 Å². The number of hydrogen-bond acceptors (Lipinski definition) is 4. The van der Waals surface area contributed by atoms with E-state index in [9.17, 15) is 9.59 Å². The van der Waals surface area contributed by atoms with Gasteiger partial charge >= 0.3 is 11.9 Å².